The normalized spacial score (nSPS) is 16.3. The molecule has 0 saturated carbocycles. The molecule has 1 aromatic rings. The molecule has 1 fully saturated rings. The number of rotatable bonds is 6. The summed E-state index contributed by atoms with van der Waals surface area (Å²) < 4.78 is 26.7. The summed E-state index contributed by atoms with van der Waals surface area (Å²) in [5.74, 6) is -0.198. The molecule has 7 heteroatoms. The molecular formula is C14H22N2O3S2. The minimum atomic E-state index is -3.53. The molecule has 0 aliphatic carbocycles. The number of carbonyl (C=O) groups is 1. The maximum absolute atomic E-state index is 12.6. The molecule has 21 heavy (non-hydrogen) atoms. The van der Waals surface area contributed by atoms with Crippen LogP contribution in [0, 0.1) is 0 Å². The highest BCUT2D eigenvalue weighted by Crippen LogP contribution is 2.28. The van der Waals surface area contributed by atoms with Crippen molar-refractivity contribution in [3.8, 4) is 0 Å². The number of sulfonamides is 1. The SMILES string of the molecule is CCCCN(C)C(=O)c1sccc1S(=O)(=O)N1CCCC1. The summed E-state index contributed by atoms with van der Waals surface area (Å²) in [6, 6.07) is 1.55. The van der Waals surface area contributed by atoms with Crippen LogP contribution in [0.3, 0.4) is 0 Å². The van der Waals surface area contributed by atoms with E-state index in [4.69, 9.17) is 0 Å². The molecule has 0 atom stereocenters. The zero-order valence-corrected chi connectivity index (χ0v) is 14.2. The molecule has 2 rings (SSSR count). The number of nitrogens with zero attached hydrogens (tertiary/aromatic N) is 2. The van der Waals surface area contributed by atoms with E-state index in [1.807, 2.05) is 0 Å². The van der Waals surface area contributed by atoms with Crippen LogP contribution in [0.4, 0.5) is 0 Å². The number of carbonyl (C=O) groups excluding carboxylic acids is 1. The highest BCUT2D eigenvalue weighted by atomic mass is 32.2. The Hall–Kier alpha value is -0.920. The van der Waals surface area contributed by atoms with Gasteiger partial charge in [-0.3, -0.25) is 4.79 Å². The van der Waals surface area contributed by atoms with Crippen molar-refractivity contribution in [1.82, 2.24) is 9.21 Å². The first-order valence-electron chi connectivity index (χ1n) is 7.31. The molecule has 118 valence electrons. The van der Waals surface area contributed by atoms with Crippen molar-refractivity contribution in [3.63, 3.8) is 0 Å². The van der Waals surface area contributed by atoms with E-state index in [2.05, 4.69) is 6.92 Å². The van der Waals surface area contributed by atoms with E-state index in [1.54, 1.807) is 23.4 Å². The van der Waals surface area contributed by atoms with Gasteiger partial charge in [0.25, 0.3) is 5.91 Å². The van der Waals surface area contributed by atoms with Gasteiger partial charge in [-0.25, -0.2) is 8.42 Å². The Morgan fingerprint density at radius 1 is 1.38 bits per heavy atom. The third kappa shape index (κ3) is 3.46. The van der Waals surface area contributed by atoms with Crippen molar-refractivity contribution in [1.29, 1.82) is 0 Å². The Balaban J connectivity index is 2.24. The number of hydrogen-bond donors (Lipinski definition) is 0. The maximum Gasteiger partial charge on any atom is 0.265 e. The standard InChI is InChI=1S/C14H22N2O3S2/c1-3-4-8-15(2)14(17)13-12(7-11-20-13)21(18,19)16-9-5-6-10-16/h7,11H,3-6,8-10H2,1-2H3. The molecule has 1 aliphatic heterocycles. The molecule has 1 aliphatic rings. The van der Waals surface area contributed by atoms with Gasteiger partial charge in [-0.15, -0.1) is 11.3 Å². The molecule has 0 aromatic carbocycles. The average molecular weight is 330 g/mol. The quantitative estimate of drug-likeness (QED) is 0.805. The number of thiophene rings is 1. The monoisotopic (exact) mass is 330 g/mol. The van der Waals surface area contributed by atoms with Crippen molar-refractivity contribution >= 4 is 27.3 Å². The van der Waals surface area contributed by atoms with Gasteiger partial charge < -0.3 is 4.90 Å². The molecule has 1 amide bonds. The van der Waals surface area contributed by atoms with Crippen LogP contribution in [-0.2, 0) is 10.0 Å². The fourth-order valence-corrected chi connectivity index (χ4v) is 5.30. The smallest absolute Gasteiger partial charge is 0.265 e. The van der Waals surface area contributed by atoms with Crippen LogP contribution in [0.15, 0.2) is 16.3 Å². The molecule has 0 spiro atoms. The lowest BCUT2D eigenvalue weighted by Crippen LogP contribution is -2.31. The predicted octanol–water partition coefficient (Wildman–Crippen LogP) is 2.40. The Kier molecular flexibility index (Phi) is 5.40. The Bertz CT molecular complexity index is 589. The van der Waals surface area contributed by atoms with E-state index >= 15 is 0 Å². The Morgan fingerprint density at radius 3 is 2.67 bits per heavy atom. The predicted molar refractivity (Wildman–Crippen MR) is 84.2 cm³/mol. The summed E-state index contributed by atoms with van der Waals surface area (Å²) in [7, 11) is -1.80. The van der Waals surface area contributed by atoms with Crippen molar-refractivity contribution in [2.45, 2.75) is 37.5 Å². The fraction of sp³-hybridized carbons (Fsp3) is 0.643. The highest BCUT2D eigenvalue weighted by molar-refractivity contribution is 7.89. The van der Waals surface area contributed by atoms with Crippen molar-refractivity contribution in [2.75, 3.05) is 26.7 Å². The summed E-state index contributed by atoms with van der Waals surface area (Å²) in [4.78, 5) is 14.6. The molecular weight excluding hydrogens is 308 g/mol. The first-order chi connectivity index (χ1) is 9.98. The minimum Gasteiger partial charge on any atom is -0.341 e. The highest BCUT2D eigenvalue weighted by Gasteiger charge is 2.32. The first kappa shape index (κ1) is 16.5. The summed E-state index contributed by atoms with van der Waals surface area (Å²) in [6.45, 7) is 3.82. The van der Waals surface area contributed by atoms with E-state index in [9.17, 15) is 13.2 Å². The second kappa shape index (κ2) is 6.89. The van der Waals surface area contributed by atoms with Gasteiger partial charge in [0, 0.05) is 26.7 Å². The summed E-state index contributed by atoms with van der Waals surface area (Å²) in [5, 5.41) is 1.68. The third-order valence-corrected chi connectivity index (χ3v) is 6.67. The zero-order valence-electron chi connectivity index (χ0n) is 12.5. The van der Waals surface area contributed by atoms with Crippen LogP contribution in [0.5, 0.6) is 0 Å². The van der Waals surface area contributed by atoms with Crippen LogP contribution in [0.25, 0.3) is 0 Å². The van der Waals surface area contributed by atoms with E-state index < -0.39 is 10.0 Å². The molecule has 0 unspecified atom stereocenters. The summed E-state index contributed by atoms with van der Waals surface area (Å²) >= 11 is 1.21. The molecule has 2 heterocycles. The van der Waals surface area contributed by atoms with Crippen LogP contribution < -0.4 is 0 Å². The van der Waals surface area contributed by atoms with Crippen LogP contribution in [0.1, 0.15) is 42.3 Å². The van der Waals surface area contributed by atoms with Gasteiger partial charge in [0.15, 0.2) is 0 Å². The zero-order chi connectivity index (χ0) is 15.5. The second-order valence-corrected chi connectivity index (χ2v) is 8.13. The van der Waals surface area contributed by atoms with Gasteiger partial charge in [-0.1, -0.05) is 13.3 Å². The number of hydrogen-bond acceptors (Lipinski definition) is 4. The molecule has 1 aromatic heterocycles. The number of amides is 1. The van der Waals surface area contributed by atoms with Gasteiger partial charge in [0.05, 0.1) is 0 Å². The number of unbranched alkanes of at least 4 members (excludes halogenated alkanes) is 1. The van der Waals surface area contributed by atoms with Crippen molar-refractivity contribution in [2.24, 2.45) is 0 Å². The largest absolute Gasteiger partial charge is 0.341 e. The molecule has 5 nitrogen and oxygen atoms in total. The van der Waals surface area contributed by atoms with Crippen LogP contribution >= 0.6 is 11.3 Å². The van der Waals surface area contributed by atoms with Crippen molar-refractivity contribution in [3.05, 3.63) is 16.3 Å². The second-order valence-electron chi connectivity index (χ2n) is 5.31. The van der Waals surface area contributed by atoms with Gasteiger partial charge in [-0.2, -0.15) is 4.31 Å². The van der Waals surface area contributed by atoms with E-state index in [1.165, 1.54) is 15.6 Å². The molecule has 0 N–H and O–H groups in total. The van der Waals surface area contributed by atoms with Gasteiger partial charge in [0.2, 0.25) is 10.0 Å². The lowest BCUT2D eigenvalue weighted by Gasteiger charge is -2.19. The third-order valence-electron chi connectivity index (χ3n) is 3.70. The van der Waals surface area contributed by atoms with Gasteiger partial charge in [-0.05, 0) is 30.7 Å². The molecule has 1 saturated heterocycles. The molecule has 0 bridgehead atoms. The van der Waals surface area contributed by atoms with Gasteiger partial charge in [0.1, 0.15) is 9.77 Å². The Labute approximate surface area is 130 Å². The van der Waals surface area contributed by atoms with E-state index in [0.717, 1.165) is 25.7 Å². The Morgan fingerprint density at radius 2 is 2.05 bits per heavy atom. The van der Waals surface area contributed by atoms with E-state index in [-0.39, 0.29) is 10.8 Å². The van der Waals surface area contributed by atoms with Crippen LogP contribution in [0.2, 0.25) is 0 Å². The molecule has 0 radical (unpaired) electrons. The lowest BCUT2D eigenvalue weighted by molar-refractivity contribution is 0.0794. The topological polar surface area (TPSA) is 57.7 Å². The summed E-state index contributed by atoms with van der Waals surface area (Å²) in [6.07, 6.45) is 3.70. The fourth-order valence-electron chi connectivity index (χ4n) is 2.39. The lowest BCUT2D eigenvalue weighted by atomic mass is 10.3. The van der Waals surface area contributed by atoms with Crippen molar-refractivity contribution < 1.29 is 13.2 Å². The van der Waals surface area contributed by atoms with E-state index in [0.29, 0.717) is 24.5 Å². The summed E-state index contributed by atoms with van der Waals surface area (Å²) in [5.41, 5.74) is 0. The maximum atomic E-state index is 12.6. The van der Waals surface area contributed by atoms with Crippen LogP contribution in [-0.4, -0.2) is 50.2 Å². The minimum absolute atomic E-state index is 0.169. The van der Waals surface area contributed by atoms with Gasteiger partial charge >= 0.3 is 0 Å². The average Bonchev–Trinajstić information content (AvgIpc) is 3.13. The first-order valence-corrected chi connectivity index (χ1v) is 9.63.